The number of hydrogen-bond acceptors (Lipinski definition) is 8. The highest BCUT2D eigenvalue weighted by Gasteiger charge is 2.41. The number of imidazole rings is 1. The van der Waals surface area contributed by atoms with Gasteiger partial charge < -0.3 is 24.5 Å². The number of nitro groups is 1. The van der Waals surface area contributed by atoms with E-state index in [9.17, 15) is 10.1 Å². The van der Waals surface area contributed by atoms with Crippen molar-refractivity contribution < 1.29 is 14.4 Å². The van der Waals surface area contributed by atoms with E-state index in [2.05, 4.69) is 26.9 Å². The van der Waals surface area contributed by atoms with Gasteiger partial charge in [-0.15, -0.1) is 0 Å². The number of aromatic nitrogens is 3. The van der Waals surface area contributed by atoms with Crippen molar-refractivity contribution in [2.24, 2.45) is 0 Å². The number of hydrogen-bond donors (Lipinski definition) is 0. The lowest BCUT2D eigenvalue weighted by molar-refractivity contribution is -0.389. The standard InChI is InChI=1S/C19H24N6O4/c1-19(13-24-11-17(25(26)27)21-18(24)29-19)12-22-5-4-15-14(10-22)2-3-16(20-15)23-6-8-28-9-7-23/h2-3,11H,4-10,12-13H2,1H3/t19-/m0/s1. The first-order chi connectivity index (χ1) is 14.0. The summed E-state index contributed by atoms with van der Waals surface area (Å²) in [6, 6.07) is 4.62. The van der Waals surface area contributed by atoms with Crippen LogP contribution >= 0.6 is 0 Å². The molecule has 0 radical (unpaired) electrons. The largest absolute Gasteiger partial charge is 0.436 e. The van der Waals surface area contributed by atoms with Gasteiger partial charge in [0.2, 0.25) is 0 Å². The van der Waals surface area contributed by atoms with E-state index in [-0.39, 0.29) is 5.82 Å². The SMILES string of the molecule is C[C@]1(CN2CCc3nc(N4CCOCC4)ccc3C2)Cn2cc([N+](=O)[O-])nc2O1. The van der Waals surface area contributed by atoms with Crippen LogP contribution in [0, 0.1) is 10.1 Å². The van der Waals surface area contributed by atoms with Gasteiger partial charge in [0.05, 0.1) is 19.8 Å². The van der Waals surface area contributed by atoms with Crippen LogP contribution in [0.25, 0.3) is 0 Å². The van der Waals surface area contributed by atoms with Gasteiger partial charge in [-0.25, -0.2) is 4.98 Å². The normalized spacial score (nSPS) is 24.1. The molecule has 0 unspecified atom stereocenters. The van der Waals surface area contributed by atoms with Crippen molar-refractivity contribution in [3.8, 4) is 6.01 Å². The van der Waals surface area contributed by atoms with Gasteiger partial charge in [0.15, 0.2) is 0 Å². The van der Waals surface area contributed by atoms with Crippen LogP contribution in [0.4, 0.5) is 11.6 Å². The van der Waals surface area contributed by atoms with Crippen LogP contribution in [0.1, 0.15) is 18.2 Å². The smallest absolute Gasteiger partial charge is 0.415 e. The summed E-state index contributed by atoms with van der Waals surface area (Å²) >= 11 is 0. The molecular weight excluding hydrogens is 376 g/mol. The first kappa shape index (κ1) is 18.3. The Balaban J connectivity index is 1.24. The molecule has 3 aliphatic heterocycles. The Hall–Kier alpha value is -2.72. The minimum Gasteiger partial charge on any atom is -0.436 e. The van der Waals surface area contributed by atoms with E-state index < -0.39 is 10.5 Å². The molecule has 10 nitrogen and oxygen atoms in total. The van der Waals surface area contributed by atoms with Crippen LogP contribution in [-0.4, -0.2) is 69.4 Å². The highest BCUT2D eigenvalue weighted by molar-refractivity contribution is 5.43. The molecule has 1 fully saturated rings. The summed E-state index contributed by atoms with van der Waals surface area (Å²) in [7, 11) is 0. The number of fused-ring (bicyclic) bond motifs is 2. The van der Waals surface area contributed by atoms with Crippen LogP contribution in [0.2, 0.25) is 0 Å². The number of morpholine rings is 1. The predicted octanol–water partition coefficient (Wildman–Crippen LogP) is 1.23. The van der Waals surface area contributed by atoms with Crippen molar-refractivity contribution in [1.82, 2.24) is 19.4 Å². The van der Waals surface area contributed by atoms with Gasteiger partial charge in [-0.3, -0.25) is 9.47 Å². The number of anilines is 1. The average molecular weight is 400 g/mol. The van der Waals surface area contributed by atoms with E-state index in [0.29, 0.717) is 12.6 Å². The van der Waals surface area contributed by atoms with Gasteiger partial charge in [0.25, 0.3) is 0 Å². The molecule has 0 N–H and O–H groups in total. The molecule has 1 atom stereocenters. The van der Waals surface area contributed by atoms with E-state index >= 15 is 0 Å². The molecule has 0 spiro atoms. The van der Waals surface area contributed by atoms with Crippen molar-refractivity contribution in [2.75, 3.05) is 44.3 Å². The molecule has 0 amide bonds. The molecule has 10 heteroatoms. The monoisotopic (exact) mass is 400 g/mol. The summed E-state index contributed by atoms with van der Waals surface area (Å²) in [4.78, 5) is 23.9. The van der Waals surface area contributed by atoms with Crippen LogP contribution in [0.3, 0.4) is 0 Å². The summed E-state index contributed by atoms with van der Waals surface area (Å²) in [6.07, 6.45) is 2.35. The number of nitrogens with zero attached hydrogens (tertiary/aromatic N) is 6. The first-order valence-corrected chi connectivity index (χ1v) is 9.94. The van der Waals surface area contributed by atoms with Crippen molar-refractivity contribution >= 4 is 11.6 Å². The van der Waals surface area contributed by atoms with Gasteiger partial charge in [0.1, 0.15) is 17.6 Å². The maximum absolute atomic E-state index is 10.9. The van der Waals surface area contributed by atoms with Crippen molar-refractivity contribution in [1.29, 1.82) is 0 Å². The topological polar surface area (TPSA) is 98.8 Å². The summed E-state index contributed by atoms with van der Waals surface area (Å²) in [5.74, 6) is 0.870. The Morgan fingerprint density at radius 3 is 2.83 bits per heavy atom. The third-order valence-corrected chi connectivity index (χ3v) is 5.76. The lowest BCUT2D eigenvalue weighted by Crippen LogP contribution is -2.46. The Morgan fingerprint density at radius 1 is 1.24 bits per heavy atom. The molecule has 0 saturated carbocycles. The maximum atomic E-state index is 10.9. The summed E-state index contributed by atoms with van der Waals surface area (Å²) in [5, 5.41) is 10.9. The van der Waals surface area contributed by atoms with E-state index in [0.717, 1.165) is 58.2 Å². The van der Waals surface area contributed by atoms with Crippen LogP contribution < -0.4 is 9.64 Å². The second-order valence-electron chi connectivity index (χ2n) is 8.15. The minimum absolute atomic E-state index is 0.170. The molecule has 1 saturated heterocycles. The third kappa shape index (κ3) is 3.53. The Bertz CT molecular complexity index is 915. The van der Waals surface area contributed by atoms with Gasteiger partial charge in [-0.05, 0) is 23.5 Å². The molecule has 2 aromatic rings. The molecule has 5 rings (SSSR count). The van der Waals surface area contributed by atoms with Crippen molar-refractivity contribution in [2.45, 2.75) is 32.0 Å². The summed E-state index contributed by atoms with van der Waals surface area (Å²) in [5.41, 5.74) is 1.98. The molecular formula is C19H24N6O4. The molecule has 29 heavy (non-hydrogen) atoms. The summed E-state index contributed by atoms with van der Waals surface area (Å²) in [6.45, 7) is 8.35. The van der Waals surface area contributed by atoms with Crippen LogP contribution in [0.5, 0.6) is 6.01 Å². The van der Waals surface area contributed by atoms with E-state index in [1.807, 2.05) is 6.92 Å². The number of pyridine rings is 1. The minimum atomic E-state index is -0.494. The summed E-state index contributed by atoms with van der Waals surface area (Å²) < 4.78 is 13.1. The van der Waals surface area contributed by atoms with Gasteiger partial charge >= 0.3 is 11.8 Å². The molecule has 2 aromatic heterocycles. The van der Waals surface area contributed by atoms with E-state index in [1.54, 1.807) is 4.57 Å². The zero-order valence-electron chi connectivity index (χ0n) is 16.4. The Labute approximate surface area is 168 Å². The van der Waals surface area contributed by atoms with Gasteiger partial charge in [-0.2, -0.15) is 0 Å². The second kappa shape index (κ2) is 6.96. The molecule has 154 valence electrons. The molecule has 5 heterocycles. The maximum Gasteiger partial charge on any atom is 0.415 e. The Kier molecular flexibility index (Phi) is 4.39. The fourth-order valence-corrected chi connectivity index (χ4v) is 4.40. The highest BCUT2D eigenvalue weighted by atomic mass is 16.6. The average Bonchev–Trinajstić information content (AvgIpc) is 3.23. The van der Waals surface area contributed by atoms with E-state index in [1.165, 1.54) is 17.5 Å². The fraction of sp³-hybridized carbons (Fsp3) is 0.579. The Morgan fingerprint density at radius 2 is 2.07 bits per heavy atom. The van der Waals surface area contributed by atoms with Gasteiger partial charge in [0, 0.05) is 49.8 Å². The predicted molar refractivity (Wildman–Crippen MR) is 104 cm³/mol. The molecule has 0 bridgehead atoms. The fourth-order valence-electron chi connectivity index (χ4n) is 4.40. The highest BCUT2D eigenvalue weighted by Crippen LogP contribution is 2.32. The van der Waals surface area contributed by atoms with Crippen molar-refractivity contribution in [3.63, 3.8) is 0 Å². The van der Waals surface area contributed by atoms with E-state index in [4.69, 9.17) is 14.5 Å². The molecule has 0 aliphatic carbocycles. The lowest BCUT2D eigenvalue weighted by Gasteiger charge is -2.34. The zero-order chi connectivity index (χ0) is 20.0. The molecule has 3 aliphatic rings. The van der Waals surface area contributed by atoms with Gasteiger partial charge in [-0.1, -0.05) is 6.07 Å². The molecule has 0 aromatic carbocycles. The number of ether oxygens (including phenoxy) is 2. The van der Waals surface area contributed by atoms with Crippen LogP contribution in [-0.2, 0) is 24.2 Å². The number of rotatable bonds is 4. The zero-order valence-corrected chi connectivity index (χ0v) is 16.4. The second-order valence-corrected chi connectivity index (χ2v) is 8.15. The first-order valence-electron chi connectivity index (χ1n) is 9.94. The lowest BCUT2D eigenvalue weighted by atomic mass is 10.0. The van der Waals surface area contributed by atoms with Crippen molar-refractivity contribution in [3.05, 3.63) is 39.7 Å². The third-order valence-electron chi connectivity index (χ3n) is 5.76. The quantitative estimate of drug-likeness (QED) is 0.558. The van der Waals surface area contributed by atoms with Crippen LogP contribution in [0.15, 0.2) is 18.3 Å².